The predicted molar refractivity (Wildman–Crippen MR) is 137 cm³/mol. The number of hydrogen-bond donors (Lipinski definition) is 1. The summed E-state index contributed by atoms with van der Waals surface area (Å²) >= 11 is 0. The molecule has 1 aromatic carbocycles. The lowest BCUT2D eigenvalue weighted by molar-refractivity contribution is 0.0682. The molecule has 38 heavy (non-hydrogen) atoms. The van der Waals surface area contributed by atoms with Crippen LogP contribution >= 0.6 is 0 Å². The van der Waals surface area contributed by atoms with Gasteiger partial charge in [-0.15, -0.1) is 0 Å². The number of fused-ring (bicyclic) bond motifs is 1. The lowest BCUT2D eigenvalue weighted by Crippen LogP contribution is -2.38. The van der Waals surface area contributed by atoms with E-state index in [0.29, 0.717) is 30.0 Å². The number of pyridine rings is 1. The number of benzene rings is 1. The molecule has 0 saturated carbocycles. The van der Waals surface area contributed by atoms with Gasteiger partial charge in [0, 0.05) is 35.5 Å². The standard InChI is InChI=1S/C28H27F2N5O3/c1-3-18-14-24(27(36)34-12-6-4-5-7-16(34)2)31-25-15-23(33-35(18)25)19-9-8-17(13-21(19)30)26-20(29)10-11-22(32-26)28(37)38/h8-11,13-16H,3-7,12H2,1-2H3,(H,37,38)/t16-/m1/s1. The molecule has 1 aliphatic rings. The van der Waals surface area contributed by atoms with Crippen molar-refractivity contribution in [2.75, 3.05) is 6.54 Å². The molecule has 0 spiro atoms. The minimum absolute atomic E-state index is 0.0995. The summed E-state index contributed by atoms with van der Waals surface area (Å²) in [5, 5.41) is 13.7. The van der Waals surface area contributed by atoms with Gasteiger partial charge in [-0.1, -0.05) is 25.8 Å². The van der Waals surface area contributed by atoms with Gasteiger partial charge in [0.15, 0.2) is 5.65 Å². The molecule has 0 unspecified atom stereocenters. The van der Waals surface area contributed by atoms with Crippen molar-refractivity contribution < 1.29 is 23.5 Å². The Bertz CT molecular complexity index is 1550. The van der Waals surface area contributed by atoms with Crippen LogP contribution in [0.15, 0.2) is 42.5 Å². The van der Waals surface area contributed by atoms with E-state index >= 15 is 4.39 Å². The van der Waals surface area contributed by atoms with E-state index in [1.807, 2.05) is 11.8 Å². The maximum atomic E-state index is 15.3. The number of amides is 1. The lowest BCUT2D eigenvalue weighted by Gasteiger charge is -2.27. The molecular weight excluding hydrogens is 492 g/mol. The summed E-state index contributed by atoms with van der Waals surface area (Å²) < 4.78 is 31.2. The monoisotopic (exact) mass is 519 g/mol. The summed E-state index contributed by atoms with van der Waals surface area (Å²) in [6.45, 7) is 4.70. The van der Waals surface area contributed by atoms with E-state index < -0.39 is 17.6 Å². The highest BCUT2D eigenvalue weighted by atomic mass is 19.1. The Labute approximate surface area is 218 Å². The van der Waals surface area contributed by atoms with E-state index in [-0.39, 0.29) is 34.5 Å². The second-order valence-corrected chi connectivity index (χ2v) is 9.51. The quantitative estimate of drug-likeness (QED) is 0.379. The number of carboxylic acid groups (broad SMARTS) is 1. The molecule has 8 nitrogen and oxygen atoms in total. The zero-order valence-electron chi connectivity index (χ0n) is 21.1. The van der Waals surface area contributed by atoms with E-state index in [1.54, 1.807) is 16.6 Å². The van der Waals surface area contributed by atoms with E-state index in [9.17, 15) is 14.0 Å². The van der Waals surface area contributed by atoms with Crippen molar-refractivity contribution >= 4 is 17.5 Å². The number of likely N-dealkylation sites (tertiary alicyclic amines) is 1. The summed E-state index contributed by atoms with van der Waals surface area (Å²) in [5.41, 5.74) is 1.49. The number of carbonyl (C=O) groups excluding carboxylic acids is 1. The van der Waals surface area contributed by atoms with Crippen molar-refractivity contribution in [3.8, 4) is 22.5 Å². The Kier molecular flexibility index (Phi) is 6.88. The Hall–Kier alpha value is -4.21. The third-order valence-corrected chi connectivity index (χ3v) is 6.98. The molecule has 1 aliphatic heterocycles. The van der Waals surface area contributed by atoms with Gasteiger partial charge in [0.25, 0.3) is 5.91 Å². The van der Waals surface area contributed by atoms with Crippen molar-refractivity contribution in [1.82, 2.24) is 24.5 Å². The van der Waals surface area contributed by atoms with Crippen molar-refractivity contribution in [2.45, 2.75) is 52.0 Å². The highest BCUT2D eigenvalue weighted by Crippen LogP contribution is 2.29. The topological polar surface area (TPSA) is 101 Å². The van der Waals surface area contributed by atoms with Gasteiger partial charge in [0.1, 0.15) is 28.7 Å². The fourth-order valence-electron chi connectivity index (χ4n) is 4.89. The van der Waals surface area contributed by atoms with Gasteiger partial charge in [-0.2, -0.15) is 5.10 Å². The Balaban J connectivity index is 1.52. The van der Waals surface area contributed by atoms with E-state index in [0.717, 1.165) is 49.6 Å². The summed E-state index contributed by atoms with van der Waals surface area (Å²) in [4.78, 5) is 34.9. The van der Waals surface area contributed by atoms with Crippen LogP contribution in [0.5, 0.6) is 0 Å². The molecule has 10 heteroatoms. The van der Waals surface area contributed by atoms with Gasteiger partial charge in [0.2, 0.25) is 0 Å². The largest absolute Gasteiger partial charge is 0.477 e. The minimum atomic E-state index is -1.31. The number of aromatic nitrogens is 4. The van der Waals surface area contributed by atoms with Crippen LogP contribution in [0.3, 0.4) is 0 Å². The molecule has 1 saturated heterocycles. The zero-order chi connectivity index (χ0) is 27.0. The van der Waals surface area contributed by atoms with Gasteiger partial charge in [0.05, 0.1) is 5.69 Å². The van der Waals surface area contributed by atoms with Crippen molar-refractivity contribution in [1.29, 1.82) is 0 Å². The normalized spacial score (nSPS) is 16.0. The predicted octanol–water partition coefficient (Wildman–Crippen LogP) is 5.40. The molecule has 0 radical (unpaired) electrons. The van der Waals surface area contributed by atoms with E-state index in [4.69, 9.17) is 5.11 Å². The Morgan fingerprint density at radius 2 is 1.82 bits per heavy atom. The van der Waals surface area contributed by atoms with Gasteiger partial charge in [-0.3, -0.25) is 4.79 Å². The third kappa shape index (κ3) is 4.73. The van der Waals surface area contributed by atoms with Crippen LogP contribution in [0.4, 0.5) is 8.78 Å². The molecule has 0 bridgehead atoms. The summed E-state index contributed by atoms with van der Waals surface area (Å²) in [6.07, 6.45) is 4.71. The van der Waals surface area contributed by atoms with Crippen molar-refractivity contribution in [3.05, 3.63) is 71.2 Å². The fourth-order valence-corrected chi connectivity index (χ4v) is 4.89. The van der Waals surface area contributed by atoms with Crippen LogP contribution < -0.4 is 0 Å². The minimum Gasteiger partial charge on any atom is -0.477 e. The van der Waals surface area contributed by atoms with E-state index in [1.165, 1.54) is 12.1 Å². The van der Waals surface area contributed by atoms with Crippen LogP contribution in [0.2, 0.25) is 0 Å². The van der Waals surface area contributed by atoms with Crippen LogP contribution in [0, 0.1) is 11.6 Å². The average Bonchev–Trinajstić information content (AvgIpc) is 3.21. The van der Waals surface area contributed by atoms with Gasteiger partial charge < -0.3 is 10.0 Å². The first-order chi connectivity index (χ1) is 18.3. The summed E-state index contributed by atoms with van der Waals surface area (Å²) in [5.74, 6) is -2.87. The smallest absolute Gasteiger partial charge is 0.354 e. The molecule has 4 heterocycles. The van der Waals surface area contributed by atoms with Crippen LogP contribution in [-0.4, -0.2) is 54.1 Å². The number of nitrogens with zero attached hydrogens (tertiary/aromatic N) is 5. The van der Waals surface area contributed by atoms with Gasteiger partial charge in [-0.05, 0) is 56.5 Å². The summed E-state index contributed by atoms with van der Waals surface area (Å²) in [7, 11) is 0. The van der Waals surface area contributed by atoms with Gasteiger partial charge in [-0.25, -0.2) is 28.1 Å². The number of hydrogen-bond acceptors (Lipinski definition) is 5. The number of aryl methyl sites for hydroxylation is 1. The van der Waals surface area contributed by atoms with Gasteiger partial charge >= 0.3 is 5.97 Å². The Morgan fingerprint density at radius 1 is 1.00 bits per heavy atom. The molecule has 1 N–H and O–H groups in total. The molecule has 1 amide bonds. The maximum Gasteiger partial charge on any atom is 0.354 e. The molecule has 1 fully saturated rings. The molecule has 5 rings (SSSR count). The fraction of sp³-hybridized carbons (Fsp3) is 0.321. The molecular formula is C28H27F2N5O3. The zero-order valence-corrected chi connectivity index (χ0v) is 21.1. The SMILES string of the molecule is CCc1cc(C(=O)N2CCCCC[C@H]2C)nc2cc(-c3ccc(-c4nc(C(=O)O)ccc4F)cc3F)nn12. The second kappa shape index (κ2) is 10.3. The molecule has 196 valence electrons. The van der Waals surface area contributed by atoms with Crippen molar-refractivity contribution in [2.24, 2.45) is 0 Å². The van der Waals surface area contributed by atoms with Crippen LogP contribution in [-0.2, 0) is 6.42 Å². The number of carboxylic acids is 1. The molecule has 4 aromatic rings. The third-order valence-electron chi connectivity index (χ3n) is 6.98. The van der Waals surface area contributed by atoms with Crippen LogP contribution in [0.1, 0.15) is 66.2 Å². The molecule has 3 aromatic heterocycles. The first-order valence-corrected chi connectivity index (χ1v) is 12.7. The average molecular weight is 520 g/mol. The number of aromatic carboxylic acids is 1. The second-order valence-electron chi connectivity index (χ2n) is 9.51. The van der Waals surface area contributed by atoms with Crippen molar-refractivity contribution in [3.63, 3.8) is 0 Å². The first-order valence-electron chi connectivity index (χ1n) is 12.7. The summed E-state index contributed by atoms with van der Waals surface area (Å²) in [6, 6.07) is 9.53. The highest BCUT2D eigenvalue weighted by molar-refractivity contribution is 5.93. The number of carbonyl (C=O) groups is 2. The molecule has 0 aliphatic carbocycles. The number of rotatable bonds is 5. The lowest BCUT2D eigenvalue weighted by atomic mass is 10.0. The Morgan fingerprint density at radius 3 is 2.55 bits per heavy atom. The maximum absolute atomic E-state index is 15.3. The van der Waals surface area contributed by atoms with E-state index in [2.05, 4.69) is 22.0 Å². The van der Waals surface area contributed by atoms with Crippen LogP contribution in [0.25, 0.3) is 28.2 Å². The molecule has 1 atom stereocenters. The highest BCUT2D eigenvalue weighted by Gasteiger charge is 2.25. The number of halogens is 2. The first kappa shape index (κ1) is 25.4.